The molecular weight excluding hydrogens is 302 g/mol. The van der Waals surface area contributed by atoms with Crippen molar-refractivity contribution in [1.29, 1.82) is 0 Å². The van der Waals surface area contributed by atoms with Crippen LogP contribution in [-0.2, 0) is 11.3 Å². The van der Waals surface area contributed by atoms with E-state index in [1.807, 2.05) is 30.3 Å². The molecule has 0 bridgehead atoms. The molecule has 0 radical (unpaired) electrons. The summed E-state index contributed by atoms with van der Waals surface area (Å²) in [5, 5.41) is 7.99. The summed E-state index contributed by atoms with van der Waals surface area (Å²) in [5.41, 5.74) is 0. The lowest BCUT2D eigenvalue weighted by molar-refractivity contribution is -0.119. The molecule has 0 aliphatic carbocycles. The molecule has 0 aliphatic rings. The molecule has 3 aromatic rings. The van der Waals surface area contributed by atoms with Gasteiger partial charge in [-0.15, -0.1) is 0 Å². The first-order valence-electron chi connectivity index (χ1n) is 6.80. The van der Waals surface area contributed by atoms with Gasteiger partial charge in [-0.2, -0.15) is 0 Å². The van der Waals surface area contributed by atoms with Gasteiger partial charge in [0.05, 0.1) is 19.4 Å². The summed E-state index contributed by atoms with van der Waals surface area (Å²) in [6.45, 7) is 0.474. The van der Waals surface area contributed by atoms with Crippen LogP contribution in [0.25, 0.3) is 10.8 Å². The minimum Gasteiger partial charge on any atom is -0.467 e. The van der Waals surface area contributed by atoms with Gasteiger partial charge in [0.1, 0.15) is 16.7 Å². The summed E-state index contributed by atoms with van der Waals surface area (Å²) in [4.78, 5) is 16.0. The molecule has 1 aromatic carbocycles. The molecule has 3 rings (SSSR count). The van der Waals surface area contributed by atoms with Crippen molar-refractivity contribution < 1.29 is 9.21 Å². The topological polar surface area (TPSA) is 67.2 Å². The van der Waals surface area contributed by atoms with E-state index in [0.29, 0.717) is 23.3 Å². The van der Waals surface area contributed by atoms with Crippen LogP contribution in [-0.4, -0.2) is 17.4 Å². The second-order valence-corrected chi connectivity index (χ2v) is 5.09. The summed E-state index contributed by atoms with van der Waals surface area (Å²) in [6.07, 6.45) is 1.57. The van der Waals surface area contributed by atoms with Crippen LogP contribution in [0.5, 0.6) is 0 Å². The number of fused-ring (bicyclic) bond motifs is 1. The van der Waals surface area contributed by atoms with E-state index in [-0.39, 0.29) is 12.5 Å². The molecule has 22 heavy (non-hydrogen) atoms. The van der Waals surface area contributed by atoms with Crippen LogP contribution in [0, 0.1) is 0 Å². The molecule has 0 fully saturated rings. The van der Waals surface area contributed by atoms with Crippen molar-refractivity contribution in [3.8, 4) is 0 Å². The Hall–Kier alpha value is -2.53. The molecular formula is C16H14ClN3O2. The van der Waals surface area contributed by atoms with E-state index in [9.17, 15) is 4.79 Å². The fraction of sp³-hybridized carbons (Fsp3) is 0.125. The van der Waals surface area contributed by atoms with Crippen LogP contribution in [0.3, 0.4) is 0 Å². The van der Waals surface area contributed by atoms with Gasteiger partial charge in [0.15, 0.2) is 0 Å². The lowest BCUT2D eigenvalue weighted by atomic mass is 10.2. The van der Waals surface area contributed by atoms with Crippen molar-refractivity contribution in [1.82, 2.24) is 10.3 Å². The fourth-order valence-corrected chi connectivity index (χ4v) is 2.34. The average Bonchev–Trinajstić information content (AvgIpc) is 3.04. The Labute approximate surface area is 132 Å². The highest BCUT2D eigenvalue weighted by Crippen LogP contribution is 2.24. The number of carbonyl (C=O) groups is 1. The predicted octanol–water partition coefficient (Wildman–Crippen LogP) is 3.21. The van der Waals surface area contributed by atoms with Gasteiger partial charge in [-0.05, 0) is 23.6 Å². The minimum atomic E-state index is -0.150. The smallest absolute Gasteiger partial charge is 0.239 e. The number of furan rings is 1. The standard InChI is InChI=1S/C16H14ClN3O2/c17-16-13-6-2-1-4-11(13)8-14(20-16)18-10-15(21)19-9-12-5-3-7-22-12/h1-8H,9-10H2,(H,18,20)(H,19,21). The Morgan fingerprint density at radius 2 is 2.09 bits per heavy atom. The summed E-state index contributed by atoms with van der Waals surface area (Å²) in [5.74, 6) is 1.12. The molecule has 0 aliphatic heterocycles. The first-order valence-corrected chi connectivity index (χ1v) is 7.18. The number of benzene rings is 1. The molecule has 0 spiro atoms. The van der Waals surface area contributed by atoms with Gasteiger partial charge in [-0.1, -0.05) is 35.9 Å². The van der Waals surface area contributed by atoms with E-state index < -0.39 is 0 Å². The summed E-state index contributed by atoms with van der Waals surface area (Å²) >= 11 is 6.14. The number of hydrogen-bond acceptors (Lipinski definition) is 4. The van der Waals surface area contributed by atoms with E-state index >= 15 is 0 Å². The molecule has 0 saturated carbocycles. The Balaban J connectivity index is 1.60. The van der Waals surface area contributed by atoms with E-state index in [1.54, 1.807) is 18.4 Å². The van der Waals surface area contributed by atoms with Gasteiger partial charge < -0.3 is 15.1 Å². The number of halogens is 1. The summed E-state index contributed by atoms with van der Waals surface area (Å²) in [6, 6.07) is 13.1. The maximum atomic E-state index is 11.8. The Morgan fingerprint density at radius 3 is 2.91 bits per heavy atom. The number of carbonyl (C=O) groups excluding carboxylic acids is 1. The third kappa shape index (κ3) is 3.38. The zero-order valence-corrected chi connectivity index (χ0v) is 12.4. The molecule has 2 heterocycles. The number of nitrogens with zero attached hydrogens (tertiary/aromatic N) is 1. The van der Waals surface area contributed by atoms with Gasteiger partial charge in [0.25, 0.3) is 0 Å². The van der Waals surface area contributed by atoms with E-state index in [0.717, 1.165) is 10.8 Å². The van der Waals surface area contributed by atoms with Crippen LogP contribution >= 0.6 is 11.6 Å². The summed E-state index contributed by atoms with van der Waals surface area (Å²) in [7, 11) is 0. The van der Waals surface area contributed by atoms with Crippen LogP contribution in [0.15, 0.2) is 53.1 Å². The van der Waals surface area contributed by atoms with Crippen LogP contribution in [0.1, 0.15) is 5.76 Å². The van der Waals surface area contributed by atoms with E-state index in [4.69, 9.17) is 16.0 Å². The van der Waals surface area contributed by atoms with E-state index in [1.165, 1.54) is 0 Å². The number of pyridine rings is 1. The second kappa shape index (κ2) is 6.49. The molecule has 0 saturated heterocycles. The number of rotatable bonds is 5. The number of hydrogen-bond donors (Lipinski definition) is 2. The highest BCUT2D eigenvalue weighted by atomic mass is 35.5. The van der Waals surface area contributed by atoms with E-state index in [2.05, 4.69) is 15.6 Å². The quantitative estimate of drug-likeness (QED) is 0.709. The highest BCUT2D eigenvalue weighted by molar-refractivity contribution is 6.34. The van der Waals surface area contributed by atoms with Crippen LogP contribution < -0.4 is 10.6 Å². The third-order valence-corrected chi connectivity index (χ3v) is 3.45. The molecule has 112 valence electrons. The van der Waals surface area contributed by atoms with Crippen molar-refractivity contribution in [3.63, 3.8) is 0 Å². The highest BCUT2D eigenvalue weighted by Gasteiger charge is 2.06. The second-order valence-electron chi connectivity index (χ2n) is 4.73. The lowest BCUT2D eigenvalue weighted by Crippen LogP contribution is -2.29. The van der Waals surface area contributed by atoms with Crippen molar-refractivity contribution in [2.75, 3.05) is 11.9 Å². The Morgan fingerprint density at radius 1 is 1.23 bits per heavy atom. The molecule has 6 heteroatoms. The molecule has 2 N–H and O–H groups in total. The van der Waals surface area contributed by atoms with Gasteiger partial charge in [0, 0.05) is 5.39 Å². The third-order valence-electron chi connectivity index (χ3n) is 3.16. The zero-order chi connectivity index (χ0) is 15.4. The maximum absolute atomic E-state index is 11.8. The van der Waals surface area contributed by atoms with Crippen LogP contribution in [0.2, 0.25) is 5.15 Å². The number of amides is 1. The van der Waals surface area contributed by atoms with Gasteiger partial charge in [-0.25, -0.2) is 4.98 Å². The zero-order valence-electron chi connectivity index (χ0n) is 11.7. The average molecular weight is 316 g/mol. The number of anilines is 1. The summed E-state index contributed by atoms with van der Waals surface area (Å²) < 4.78 is 5.15. The fourth-order valence-electron chi connectivity index (χ4n) is 2.08. The first-order chi connectivity index (χ1) is 10.7. The molecule has 0 unspecified atom stereocenters. The maximum Gasteiger partial charge on any atom is 0.239 e. The lowest BCUT2D eigenvalue weighted by Gasteiger charge is -2.08. The SMILES string of the molecule is O=C(CNc1cc2ccccc2c(Cl)n1)NCc1ccco1. The molecule has 0 atom stereocenters. The molecule has 5 nitrogen and oxygen atoms in total. The van der Waals surface area contributed by atoms with Gasteiger partial charge in [0.2, 0.25) is 5.91 Å². The number of nitrogens with one attached hydrogen (secondary N) is 2. The Bertz CT molecular complexity index is 787. The van der Waals surface area contributed by atoms with Crippen molar-refractivity contribution >= 4 is 34.1 Å². The molecule has 2 aromatic heterocycles. The number of aromatic nitrogens is 1. The van der Waals surface area contributed by atoms with Crippen molar-refractivity contribution in [2.24, 2.45) is 0 Å². The van der Waals surface area contributed by atoms with Crippen LogP contribution in [0.4, 0.5) is 5.82 Å². The monoisotopic (exact) mass is 315 g/mol. The predicted molar refractivity (Wildman–Crippen MR) is 85.8 cm³/mol. The largest absolute Gasteiger partial charge is 0.467 e. The minimum absolute atomic E-state index is 0.113. The van der Waals surface area contributed by atoms with Crippen molar-refractivity contribution in [2.45, 2.75) is 6.54 Å². The van der Waals surface area contributed by atoms with Gasteiger partial charge in [-0.3, -0.25) is 4.79 Å². The Kier molecular flexibility index (Phi) is 4.25. The molecule has 1 amide bonds. The first kappa shape index (κ1) is 14.4. The normalized spacial score (nSPS) is 10.6. The van der Waals surface area contributed by atoms with Crippen molar-refractivity contribution in [3.05, 3.63) is 59.6 Å². The van der Waals surface area contributed by atoms with Gasteiger partial charge >= 0.3 is 0 Å².